The lowest BCUT2D eigenvalue weighted by Crippen LogP contribution is -2.34. The van der Waals surface area contributed by atoms with Gasteiger partial charge in [0.2, 0.25) is 0 Å². The predicted molar refractivity (Wildman–Crippen MR) is 115 cm³/mol. The zero-order valence-electron chi connectivity index (χ0n) is 18.3. The van der Waals surface area contributed by atoms with Crippen molar-refractivity contribution in [1.82, 2.24) is 5.32 Å². The Kier molecular flexibility index (Phi) is 8.88. The number of halogens is 1. The third-order valence-electron chi connectivity index (χ3n) is 4.89. The maximum atomic E-state index is 13.1. The minimum atomic E-state index is -3.43. The first-order chi connectivity index (χ1) is 14.5. The van der Waals surface area contributed by atoms with E-state index in [2.05, 4.69) is 5.32 Å². The number of carbonyl (C=O) groups excluding carboxylic acids is 1. The van der Waals surface area contributed by atoms with E-state index < -0.39 is 21.5 Å². The van der Waals surface area contributed by atoms with Gasteiger partial charge in [0.25, 0.3) is 0 Å². The second-order valence-corrected chi connectivity index (χ2v) is 10.9. The molecule has 0 radical (unpaired) electrons. The number of amides is 1. The first-order valence-corrected chi connectivity index (χ1v) is 12.0. The van der Waals surface area contributed by atoms with Gasteiger partial charge in [-0.05, 0) is 76.6 Å². The molecule has 1 amide bonds. The monoisotopic (exact) mass is 457 g/mol. The normalized spacial score (nSPS) is 20.2. The molecule has 1 aliphatic carbocycles. The summed E-state index contributed by atoms with van der Waals surface area (Å²) in [5.41, 5.74) is -0.456. The van der Waals surface area contributed by atoms with Crippen molar-refractivity contribution in [2.24, 2.45) is 5.92 Å². The second-order valence-electron chi connectivity index (χ2n) is 8.84. The number of rotatable bonds is 8. The van der Waals surface area contributed by atoms with Crippen molar-refractivity contribution >= 4 is 15.9 Å². The molecule has 0 bridgehead atoms. The van der Waals surface area contributed by atoms with Crippen molar-refractivity contribution in [2.75, 3.05) is 18.9 Å². The molecule has 1 aromatic rings. The summed E-state index contributed by atoms with van der Waals surface area (Å²) in [6, 6.07) is 5.99. The average Bonchev–Trinajstić information content (AvgIpc) is 2.69. The Bertz CT molecular complexity index is 853. The van der Waals surface area contributed by atoms with Crippen LogP contribution in [-0.4, -0.2) is 50.2 Å². The Balaban J connectivity index is 1.85. The summed E-state index contributed by atoms with van der Waals surface area (Å²) in [6.07, 6.45) is 2.07. The van der Waals surface area contributed by atoms with E-state index in [9.17, 15) is 22.7 Å². The van der Waals surface area contributed by atoms with Crippen molar-refractivity contribution in [3.8, 4) is 5.75 Å². The minimum absolute atomic E-state index is 0.0547. The molecule has 2 N–H and O–H groups in total. The molecule has 0 spiro atoms. The first-order valence-electron chi connectivity index (χ1n) is 10.4. The van der Waals surface area contributed by atoms with Gasteiger partial charge in [-0.3, -0.25) is 0 Å². The molecule has 7 nitrogen and oxygen atoms in total. The number of benzene rings is 1. The van der Waals surface area contributed by atoms with Gasteiger partial charge in [-0.1, -0.05) is 0 Å². The number of hydrogen-bond donors (Lipinski definition) is 2. The van der Waals surface area contributed by atoms with Gasteiger partial charge in [0.15, 0.2) is 9.84 Å². The maximum absolute atomic E-state index is 13.1. The Labute approximate surface area is 183 Å². The average molecular weight is 458 g/mol. The summed E-state index contributed by atoms with van der Waals surface area (Å²) in [6.45, 7) is 5.00. The van der Waals surface area contributed by atoms with Crippen molar-refractivity contribution in [3.63, 3.8) is 0 Å². The summed E-state index contributed by atoms with van der Waals surface area (Å²) in [4.78, 5) is 11.9. The van der Waals surface area contributed by atoms with Crippen LogP contribution in [0, 0.1) is 5.92 Å². The molecule has 0 aliphatic heterocycles. The molecule has 0 heterocycles. The highest BCUT2D eigenvalue weighted by atomic mass is 32.2. The van der Waals surface area contributed by atoms with E-state index in [1.807, 2.05) is 0 Å². The van der Waals surface area contributed by atoms with E-state index in [0.29, 0.717) is 37.8 Å². The molecule has 174 valence electrons. The van der Waals surface area contributed by atoms with Crippen LogP contribution >= 0.6 is 0 Å². The number of nitrogens with one attached hydrogen (secondary N) is 1. The van der Waals surface area contributed by atoms with Crippen molar-refractivity contribution < 1.29 is 32.2 Å². The molecule has 0 unspecified atom stereocenters. The highest BCUT2D eigenvalue weighted by molar-refractivity contribution is 7.91. The topological polar surface area (TPSA) is 102 Å². The van der Waals surface area contributed by atoms with E-state index in [4.69, 9.17) is 9.47 Å². The number of aliphatic hydroxyl groups is 1. The summed E-state index contributed by atoms with van der Waals surface area (Å²) in [7, 11) is -3.43. The molecule has 31 heavy (non-hydrogen) atoms. The zero-order chi connectivity index (χ0) is 23.1. The molecule has 0 aromatic heterocycles. The molecule has 0 saturated heterocycles. The quantitative estimate of drug-likeness (QED) is 0.616. The fraction of sp³-hybridized carbons (Fsp3) is 0.591. The second kappa shape index (κ2) is 10.9. The SMILES string of the molecule is CC(C)(C)OC(=O)NC/C(=C\F)COc1ccc(S(=O)(=O)CC2CCC(O)CC2)cc1. The highest BCUT2D eigenvalue weighted by Gasteiger charge is 2.25. The van der Waals surface area contributed by atoms with Crippen LogP contribution in [0.1, 0.15) is 46.5 Å². The number of carbonyl (C=O) groups is 1. The van der Waals surface area contributed by atoms with E-state index in [-0.39, 0.29) is 41.4 Å². The van der Waals surface area contributed by atoms with Gasteiger partial charge in [0, 0.05) is 12.1 Å². The third kappa shape index (κ3) is 8.86. The predicted octanol–water partition coefficient (Wildman–Crippen LogP) is 3.77. The van der Waals surface area contributed by atoms with Crippen LogP contribution < -0.4 is 10.1 Å². The summed E-state index contributed by atoms with van der Waals surface area (Å²) < 4.78 is 49.0. The third-order valence-corrected chi connectivity index (χ3v) is 6.79. The number of hydrogen-bond acceptors (Lipinski definition) is 6. The maximum Gasteiger partial charge on any atom is 0.407 e. The van der Waals surface area contributed by atoms with Crippen LogP contribution in [0.25, 0.3) is 0 Å². The number of sulfone groups is 1. The molecular formula is C22H32FNO6S. The van der Waals surface area contributed by atoms with Crippen LogP contribution in [0.3, 0.4) is 0 Å². The molecule has 1 aliphatic rings. The Morgan fingerprint density at radius 3 is 2.35 bits per heavy atom. The van der Waals surface area contributed by atoms with E-state index in [1.54, 1.807) is 20.8 Å². The fourth-order valence-corrected chi connectivity index (χ4v) is 4.96. The molecule has 9 heteroatoms. The van der Waals surface area contributed by atoms with Crippen LogP contribution in [0.5, 0.6) is 5.75 Å². The largest absolute Gasteiger partial charge is 0.489 e. The van der Waals surface area contributed by atoms with Crippen molar-refractivity contribution in [3.05, 3.63) is 36.2 Å². The van der Waals surface area contributed by atoms with Crippen molar-refractivity contribution in [1.29, 1.82) is 0 Å². The Morgan fingerprint density at radius 2 is 1.81 bits per heavy atom. The Morgan fingerprint density at radius 1 is 1.19 bits per heavy atom. The van der Waals surface area contributed by atoms with Gasteiger partial charge in [0.1, 0.15) is 18.0 Å². The smallest absolute Gasteiger partial charge is 0.407 e. The standard InChI is InChI=1S/C22H32FNO6S/c1-22(2,3)30-21(26)24-13-17(12-23)14-29-19-8-10-20(11-9-19)31(27,28)15-16-4-6-18(25)7-5-16/h8-12,16,18,25H,4-7,13-15H2,1-3H3,(H,24,26)/b17-12+. The number of ether oxygens (including phenoxy) is 2. The van der Waals surface area contributed by atoms with Gasteiger partial charge >= 0.3 is 6.09 Å². The molecule has 2 rings (SSSR count). The Hall–Kier alpha value is -2.13. The molecular weight excluding hydrogens is 425 g/mol. The van der Waals surface area contributed by atoms with Crippen molar-refractivity contribution in [2.45, 2.75) is 63.1 Å². The van der Waals surface area contributed by atoms with Crippen LogP contribution in [0.2, 0.25) is 0 Å². The van der Waals surface area contributed by atoms with Gasteiger partial charge in [0.05, 0.1) is 23.1 Å². The lowest BCUT2D eigenvalue weighted by atomic mass is 9.89. The lowest BCUT2D eigenvalue weighted by Gasteiger charge is -2.25. The number of aliphatic hydroxyl groups excluding tert-OH is 1. The van der Waals surface area contributed by atoms with Crippen LogP contribution in [0.15, 0.2) is 41.1 Å². The molecule has 1 saturated carbocycles. The lowest BCUT2D eigenvalue weighted by molar-refractivity contribution is 0.0531. The fourth-order valence-electron chi connectivity index (χ4n) is 3.26. The van der Waals surface area contributed by atoms with Gasteiger partial charge < -0.3 is 19.9 Å². The zero-order valence-corrected chi connectivity index (χ0v) is 19.1. The summed E-state index contributed by atoms with van der Waals surface area (Å²) in [5, 5.41) is 12.0. The minimum Gasteiger partial charge on any atom is -0.489 e. The highest BCUT2D eigenvalue weighted by Crippen LogP contribution is 2.28. The molecule has 0 atom stereocenters. The van der Waals surface area contributed by atoms with E-state index in [1.165, 1.54) is 24.3 Å². The van der Waals surface area contributed by atoms with E-state index in [0.717, 1.165) is 0 Å². The number of alkyl carbamates (subject to hydrolysis) is 1. The summed E-state index contributed by atoms with van der Waals surface area (Å²) in [5.74, 6) is 0.501. The first kappa shape index (κ1) is 25.1. The van der Waals surface area contributed by atoms with Crippen LogP contribution in [0.4, 0.5) is 9.18 Å². The van der Waals surface area contributed by atoms with Gasteiger partial charge in [-0.25, -0.2) is 17.6 Å². The molecule has 1 fully saturated rings. The molecule has 1 aromatic carbocycles. The summed E-state index contributed by atoms with van der Waals surface area (Å²) >= 11 is 0. The van der Waals surface area contributed by atoms with Crippen LogP contribution in [-0.2, 0) is 14.6 Å². The van der Waals surface area contributed by atoms with Gasteiger partial charge in [-0.15, -0.1) is 0 Å². The van der Waals surface area contributed by atoms with Gasteiger partial charge in [-0.2, -0.15) is 0 Å². The van der Waals surface area contributed by atoms with E-state index >= 15 is 0 Å².